The van der Waals surface area contributed by atoms with E-state index in [1.54, 1.807) is 0 Å². The van der Waals surface area contributed by atoms with Gasteiger partial charge >= 0.3 is 0 Å². The average Bonchev–Trinajstić information content (AvgIpc) is 3.37. The van der Waals surface area contributed by atoms with Crippen molar-refractivity contribution >= 4 is 34.2 Å². The van der Waals surface area contributed by atoms with E-state index in [4.69, 9.17) is 18.9 Å². The fraction of sp³-hybridized carbons (Fsp3) is 0. The Labute approximate surface area is 207 Å². The molecule has 0 aliphatic carbocycles. The van der Waals surface area contributed by atoms with Crippen molar-refractivity contribution in [3.05, 3.63) is 103 Å². The van der Waals surface area contributed by atoms with E-state index in [1.165, 1.54) is 0 Å². The molecule has 4 aromatic carbocycles. The zero-order valence-electron chi connectivity index (χ0n) is 19.0. The molecule has 8 rings (SSSR count). The minimum absolute atomic E-state index is 0.0586. The molecule has 6 aromatic rings. The number of fused-ring (bicyclic) bond motifs is 5. The van der Waals surface area contributed by atoms with Crippen LogP contribution in [0.1, 0.15) is 0 Å². The molecule has 0 amide bonds. The summed E-state index contributed by atoms with van der Waals surface area (Å²) < 4.78 is 18.8. The summed E-state index contributed by atoms with van der Waals surface area (Å²) in [6.07, 6.45) is 1.81. The maximum absolute atomic E-state index is 6.36. The summed E-state index contributed by atoms with van der Waals surface area (Å²) >= 11 is 0. The van der Waals surface area contributed by atoms with Gasteiger partial charge in [-0.05, 0) is 77.2 Å². The van der Waals surface area contributed by atoms with Gasteiger partial charge in [0.2, 0.25) is 5.89 Å². The number of oxazole rings is 1. The Morgan fingerprint density at radius 1 is 0.611 bits per heavy atom. The number of ether oxygens (including phenoxy) is 2. The highest BCUT2D eigenvalue weighted by Gasteiger charge is 2.40. The standard InChI is InChI=1S/C30H17BN2O3/c1-2-8-26-23(7-1)33-30(36-26)19-12-14-25-21(17-19)31-20-16-18(22-6-3-4-15-32-22)11-13-24(20)34-27-9-5-10-28(35-25)29(27)31/h1-17H. The molecule has 2 aromatic heterocycles. The molecule has 36 heavy (non-hydrogen) atoms. The largest absolute Gasteiger partial charge is 0.458 e. The van der Waals surface area contributed by atoms with Gasteiger partial charge in [-0.1, -0.05) is 36.4 Å². The lowest BCUT2D eigenvalue weighted by molar-refractivity contribution is 0.464. The van der Waals surface area contributed by atoms with Gasteiger partial charge in [0.25, 0.3) is 6.71 Å². The molecule has 0 saturated carbocycles. The maximum atomic E-state index is 6.36. The zero-order valence-corrected chi connectivity index (χ0v) is 19.0. The fourth-order valence-electron chi connectivity index (χ4n) is 5.26. The summed E-state index contributed by atoms with van der Waals surface area (Å²) in [6.45, 7) is -0.0586. The predicted molar refractivity (Wildman–Crippen MR) is 140 cm³/mol. The van der Waals surface area contributed by atoms with Crippen LogP contribution in [0, 0.1) is 0 Å². The summed E-state index contributed by atoms with van der Waals surface area (Å²) in [7, 11) is 0. The Morgan fingerprint density at radius 2 is 1.33 bits per heavy atom. The third kappa shape index (κ3) is 2.85. The molecular weight excluding hydrogens is 447 g/mol. The lowest BCUT2D eigenvalue weighted by Gasteiger charge is -2.33. The summed E-state index contributed by atoms with van der Waals surface area (Å²) in [6, 6.07) is 32.2. The molecule has 2 aliphatic heterocycles. The summed E-state index contributed by atoms with van der Waals surface area (Å²) in [5.74, 6) is 3.87. The Kier molecular flexibility index (Phi) is 3.96. The molecule has 0 unspecified atom stereocenters. The molecule has 4 heterocycles. The van der Waals surface area contributed by atoms with Gasteiger partial charge in [-0.3, -0.25) is 4.98 Å². The first-order chi connectivity index (χ1) is 17.8. The number of aromatic nitrogens is 2. The van der Waals surface area contributed by atoms with E-state index in [0.29, 0.717) is 5.89 Å². The summed E-state index contributed by atoms with van der Waals surface area (Å²) in [5.41, 5.74) is 7.65. The van der Waals surface area contributed by atoms with Gasteiger partial charge in [0.1, 0.15) is 28.5 Å². The van der Waals surface area contributed by atoms with Crippen molar-refractivity contribution in [1.29, 1.82) is 0 Å². The fourth-order valence-corrected chi connectivity index (χ4v) is 5.26. The second kappa shape index (κ2) is 7.33. The van der Waals surface area contributed by atoms with Crippen LogP contribution in [-0.4, -0.2) is 16.7 Å². The third-order valence-electron chi connectivity index (χ3n) is 6.90. The molecule has 0 fully saturated rings. The van der Waals surface area contributed by atoms with Crippen LogP contribution in [0.5, 0.6) is 23.0 Å². The SMILES string of the molecule is c1ccc(-c2ccc3c(c2)B2c4cc(-c5nc6ccccc6o5)ccc4Oc4cccc(c42)O3)nc1. The second-order valence-corrected chi connectivity index (χ2v) is 9.01. The van der Waals surface area contributed by atoms with Crippen LogP contribution in [-0.2, 0) is 0 Å². The van der Waals surface area contributed by atoms with E-state index in [9.17, 15) is 0 Å². The van der Waals surface area contributed by atoms with Crippen molar-refractivity contribution in [3.63, 3.8) is 0 Å². The van der Waals surface area contributed by atoms with Gasteiger partial charge < -0.3 is 13.9 Å². The van der Waals surface area contributed by atoms with E-state index in [-0.39, 0.29) is 6.71 Å². The van der Waals surface area contributed by atoms with Crippen LogP contribution in [0.3, 0.4) is 0 Å². The molecule has 6 heteroatoms. The van der Waals surface area contributed by atoms with Gasteiger partial charge in [-0.25, -0.2) is 4.98 Å². The van der Waals surface area contributed by atoms with Crippen molar-refractivity contribution in [1.82, 2.24) is 9.97 Å². The van der Waals surface area contributed by atoms with Gasteiger partial charge in [0.15, 0.2) is 5.58 Å². The quantitative estimate of drug-likeness (QED) is 0.326. The highest BCUT2D eigenvalue weighted by molar-refractivity contribution is 6.98. The van der Waals surface area contributed by atoms with E-state index in [0.717, 1.165) is 67.3 Å². The first-order valence-corrected chi connectivity index (χ1v) is 11.9. The highest BCUT2D eigenvalue weighted by atomic mass is 16.5. The number of hydrogen-bond donors (Lipinski definition) is 0. The van der Waals surface area contributed by atoms with Crippen LogP contribution in [0.2, 0.25) is 0 Å². The van der Waals surface area contributed by atoms with Gasteiger partial charge in [0, 0.05) is 17.2 Å². The third-order valence-corrected chi connectivity index (χ3v) is 6.90. The number of pyridine rings is 1. The lowest BCUT2D eigenvalue weighted by atomic mass is 9.34. The number of benzene rings is 4. The van der Waals surface area contributed by atoms with Crippen molar-refractivity contribution in [2.24, 2.45) is 0 Å². The van der Waals surface area contributed by atoms with Crippen LogP contribution in [0.4, 0.5) is 0 Å². The van der Waals surface area contributed by atoms with Crippen molar-refractivity contribution in [3.8, 4) is 45.7 Å². The van der Waals surface area contributed by atoms with E-state index in [2.05, 4.69) is 23.2 Å². The number of hydrogen-bond acceptors (Lipinski definition) is 5. The molecule has 0 bridgehead atoms. The predicted octanol–water partition coefficient (Wildman–Crippen LogP) is 5.28. The molecule has 0 atom stereocenters. The van der Waals surface area contributed by atoms with Crippen LogP contribution in [0.15, 0.2) is 108 Å². The number of rotatable bonds is 2. The Bertz CT molecular complexity index is 1770. The van der Waals surface area contributed by atoms with Crippen molar-refractivity contribution in [2.45, 2.75) is 0 Å². The van der Waals surface area contributed by atoms with Crippen LogP contribution in [0.25, 0.3) is 33.8 Å². The zero-order chi connectivity index (χ0) is 23.6. The first kappa shape index (κ1) is 19.5. The smallest absolute Gasteiger partial charge is 0.260 e. The van der Waals surface area contributed by atoms with Gasteiger partial charge in [-0.15, -0.1) is 0 Å². The molecule has 0 saturated heterocycles. The average molecular weight is 464 g/mol. The topological polar surface area (TPSA) is 57.4 Å². The number of nitrogens with zero attached hydrogens (tertiary/aromatic N) is 2. The van der Waals surface area contributed by atoms with E-state index >= 15 is 0 Å². The second-order valence-electron chi connectivity index (χ2n) is 9.01. The number of para-hydroxylation sites is 2. The van der Waals surface area contributed by atoms with Crippen LogP contribution >= 0.6 is 0 Å². The molecule has 2 aliphatic rings. The van der Waals surface area contributed by atoms with Crippen molar-refractivity contribution in [2.75, 3.05) is 0 Å². The maximum Gasteiger partial charge on any atom is 0.260 e. The normalized spacial score (nSPS) is 12.8. The molecule has 5 nitrogen and oxygen atoms in total. The van der Waals surface area contributed by atoms with Gasteiger partial charge in [-0.2, -0.15) is 0 Å². The van der Waals surface area contributed by atoms with Gasteiger partial charge in [0.05, 0.1) is 5.69 Å². The highest BCUT2D eigenvalue weighted by Crippen LogP contribution is 2.36. The molecule has 0 spiro atoms. The van der Waals surface area contributed by atoms with E-state index in [1.807, 2.05) is 85.1 Å². The molecule has 0 radical (unpaired) electrons. The van der Waals surface area contributed by atoms with Crippen LogP contribution < -0.4 is 25.9 Å². The molecular formula is C30H17BN2O3. The Hall–Kier alpha value is -4.84. The Morgan fingerprint density at radius 3 is 2.08 bits per heavy atom. The minimum Gasteiger partial charge on any atom is -0.458 e. The lowest BCUT2D eigenvalue weighted by Crippen LogP contribution is -2.57. The first-order valence-electron chi connectivity index (χ1n) is 11.9. The monoisotopic (exact) mass is 464 g/mol. The molecule has 168 valence electrons. The van der Waals surface area contributed by atoms with Crippen molar-refractivity contribution < 1.29 is 13.9 Å². The summed E-state index contributed by atoms with van der Waals surface area (Å²) in [5, 5.41) is 0. The summed E-state index contributed by atoms with van der Waals surface area (Å²) in [4.78, 5) is 9.27. The minimum atomic E-state index is -0.0586. The van der Waals surface area contributed by atoms with E-state index < -0.39 is 0 Å². The molecule has 0 N–H and O–H groups in total. The Balaban J connectivity index is 1.34.